The molecule has 0 spiro atoms. The summed E-state index contributed by atoms with van der Waals surface area (Å²) in [6, 6.07) is 0. The van der Waals surface area contributed by atoms with Gasteiger partial charge in [0.05, 0.1) is 6.54 Å². The molecule has 0 aromatic carbocycles. The third kappa shape index (κ3) is 5.08. The van der Waals surface area contributed by atoms with Gasteiger partial charge in [-0.15, -0.1) is 12.4 Å². The molecule has 1 fully saturated rings. The molecule has 1 atom stereocenters. The molecule has 1 heterocycles. The van der Waals surface area contributed by atoms with Crippen LogP contribution in [0.15, 0.2) is 0 Å². The highest BCUT2D eigenvalue weighted by molar-refractivity contribution is 5.85. The van der Waals surface area contributed by atoms with Gasteiger partial charge in [-0.25, -0.2) is 0 Å². The zero-order valence-electron chi connectivity index (χ0n) is 7.71. The van der Waals surface area contributed by atoms with Crippen molar-refractivity contribution in [1.29, 1.82) is 0 Å². The zero-order chi connectivity index (χ0) is 8.81. The number of hydrogen-bond acceptors (Lipinski definition) is 3. The number of nitrogens with one attached hydrogen (secondary N) is 2. The van der Waals surface area contributed by atoms with Crippen molar-refractivity contribution in [3.63, 3.8) is 0 Å². The minimum absolute atomic E-state index is 0. The first kappa shape index (κ1) is 12.7. The molecule has 0 aliphatic carbocycles. The second-order valence-corrected chi connectivity index (χ2v) is 3.22. The third-order valence-corrected chi connectivity index (χ3v) is 2.17. The highest BCUT2D eigenvalue weighted by Crippen LogP contribution is 2.07. The van der Waals surface area contributed by atoms with Crippen molar-refractivity contribution >= 4 is 18.3 Å². The van der Waals surface area contributed by atoms with Gasteiger partial charge in [0.15, 0.2) is 0 Å². The van der Waals surface area contributed by atoms with Gasteiger partial charge in [0, 0.05) is 6.54 Å². The van der Waals surface area contributed by atoms with E-state index in [0.29, 0.717) is 5.92 Å². The van der Waals surface area contributed by atoms with Crippen molar-refractivity contribution in [3.8, 4) is 0 Å². The lowest BCUT2D eigenvalue weighted by Gasteiger charge is -2.22. The van der Waals surface area contributed by atoms with E-state index in [1.54, 1.807) is 0 Å². The Kier molecular flexibility index (Phi) is 6.94. The second kappa shape index (κ2) is 7.12. The van der Waals surface area contributed by atoms with Crippen molar-refractivity contribution < 1.29 is 4.79 Å². The summed E-state index contributed by atoms with van der Waals surface area (Å²) in [6.07, 6.45) is 2.42. The summed E-state index contributed by atoms with van der Waals surface area (Å²) in [5.74, 6) is 0.537. The van der Waals surface area contributed by atoms with Gasteiger partial charge in [-0.2, -0.15) is 0 Å². The van der Waals surface area contributed by atoms with Crippen LogP contribution in [-0.2, 0) is 4.79 Å². The van der Waals surface area contributed by atoms with Gasteiger partial charge in [-0.05, 0) is 31.8 Å². The maximum atomic E-state index is 10.8. The Labute approximate surface area is 85.0 Å². The van der Waals surface area contributed by atoms with Crippen molar-refractivity contribution in [2.75, 3.05) is 26.2 Å². The molecule has 1 aliphatic rings. The molecule has 5 heteroatoms. The fraction of sp³-hybridized carbons (Fsp3) is 0.875. The Morgan fingerprint density at radius 2 is 2.38 bits per heavy atom. The Morgan fingerprint density at radius 1 is 1.62 bits per heavy atom. The van der Waals surface area contributed by atoms with E-state index < -0.39 is 0 Å². The topological polar surface area (TPSA) is 67.2 Å². The van der Waals surface area contributed by atoms with Crippen LogP contribution in [0.4, 0.5) is 0 Å². The van der Waals surface area contributed by atoms with E-state index in [1.807, 2.05) is 0 Å². The molecule has 0 radical (unpaired) electrons. The molecule has 1 rings (SSSR count). The average molecular weight is 208 g/mol. The summed E-state index contributed by atoms with van der Waals surface area (Å²) in [4.78, 5) is 10.8. The number of amides is 1. The average Bonchev–Trinajstić information content (AvgIpc) is 2.16. The molecule has 1 amide bonds. The number of hydrogen-bond donors (Lipinski definition) is 3. The van der Waals surface area contributed by atoms with Crippen molar-refractivity contribution in [1.82, 2.24) is 10.6 Å². The molecule has 78 valence electrons. The lowest BCUT2D eigenvalue weighted by Crippen LogP contribution is -2.39. The molecule has 0 saturated carbocycles. The van der Waals surface area contributed by atoms with Crippen LogP contribution >= 0.6 is 12.4 Å². The molecule has 4 N–H and O–H groups in total. The first-order chi connectivity index (χ1) is 5.83. The second-order valence-electron chi connectivity index (χ2n) is 3.22. The van der Waals surface area contributed by atoms with Crippen LogP contribution in [0.2, 0.25) is 0 Å². The molecule has 0 aromatic heterocycles. The van der Waals surface area contributed by atoms with Gasteiger partial charge in [0.1, 0.15) is 0 Å². The maximum Gasteiger partial charge on any atom is 0.233 e. The predicted octanol–water partition coefficient (Wildman–Crippen LogP) is -0.517. The minimum Gasteiger partial charge on any atom is -0.355 e. The normalized spacial score (nSPS) is 21.8. The van der Waals surface area contributed by atoms with Crippen LogP contribution in [0.25, 0.3) is 0 Å². The van der Waals surface area contributed by atoms with Crippen molar-refractivity contribution in [2.24, 2.45) is 11.7 Å². The summed E-state index contributed by atoms with van der Waals surface area (Å²) < 4.78 is 0. The van der Waals surface area contributed by atoms with E-state index in [1.165, 1.54) is 12.8 Å². The van der Waals surface area contributed by atoms with E-state index in [9.17, 15) is 4.79 Å². The summed E-state index contributed by atoms with van der Waals surface area (Å²) >= 11 is 0. The number of carbonyl (C=O) groups is 1. The molecule has 0 aromatic rings. The third-order valence-electron chi connectivity index (χ3n) is 2.17. The van der Waals surface area contributed by atoms with Crippen LogP contribution in [0.3, 0.4) is 0 Å². The Morgan fingerprint density at radius 3 is 2.92 bits per heavy atom. The summed E-state index contributed by atoms with van der Waals surface area (Å²) in [6.45, 7) is 3.00. The maximum absolute atomic E-state index is 10.8. The number of carbonyl (C=O) groups excluding carboxylic acids is 1. The van der Waals surface area contributed by atoms with Crippen LogP contribution in [0.1, 0.15) is 12.8 Å². The highest BCUT2D eigenvalue weighted by atomic mass is 35.5. The highest BCUT2D eigenvalue weighted by Gasteiger charge is 2.12. The smallest absolute Gasteiger partial charge is 0.233 e. The van der Waals surface area contributed by atoms with Crippen molar-refractivity contribution in [3.05, 3.63) is 0 Å². The molecular weight excluding hydrogens is 190 g/mol. The van der Waals surface area contributed by atoms with Gasteiger partial charge in [-0.1, -0.05) is 0 Å². The molecule has 1 aliphatic heterocycles. The lowest BCUT2D eigenvalue weighted by molar-refractivity contribution is -0.119. The van der Waals surface area contributed by atoms with Gasteiger partial charge < -0.3 is 16.4 Å². The van der Waals surface area contributed by atoms with E-state index in [0.717, 1.165) is 19.6 Å². The number of nitrogens with two attached hydrogens (primary N) is 1. The molecule has 13 heavy (non-hydrogen) atoms. The first-order valence-electron chi connectivity index (χ1n) is 4.50. The molecular formula is C8H18ClN3O. The predicted molar refractivity (Wildman–Crippen MR) is 54.9 cm³/mol. The summed E-state index contributed by atoms with van der Waals surface area (Å²) in [7, 11) is 0. The van der Waals surface area contributed by atoms with Gasteiger partial charge >= 0.3 is 0 Å². The minimum atomic E-state index is -0.0550. The van der Waals surface area contributed by atoms with Crippen LogP contribution in [0.5, 0.6) is 0 Å². The number of rotatable bonds is 3. The SMILES string of the molecule is Cl.NCC(=O)NCC1CCCNC1. The van der Waals surface area contributed by atoms with E-state index in [4.69, 9.17) is 5.73 Å². The van der Waals surface area contributed by atoms with E-state index in [-0.39, 0.29) is 24.9 Å². The van der Waals surface area contributed by atoms with E-state index in [2.05, 4.69) is 10.6 Å². The summed E-state index contributed by atoms with van der Waals surface area (Å²) in [5, 5.41) is 6.09. The van der Waals surface area contributed by atoms with Gasteiger partial charge in [0.25, 0.3) is 0 Å². The fourth-order valence-electron chi connectivity index (χ4n) is 1.43. The zero-order valence-corrected chi connectivity index (χ0v) is 8.53. The van der Waals surface area contributed by atoms with Crippen molar-refractivity contribution in [2.45, 2.75) is 12.8 Å². The van der Waals surface area contributed by atoms with Crippen LogP contribution < -0.4 is 16.4 Å². The number of piperidine rings is 1. The molecule has 1 saturated heterocycles. The summed E-state index contributed by atoms with van der Waals surface area (Å²) in [5.41, 5.74) is 5.16. The van der Waals surface area contributed by atoms with Crippen LogP contribution in [0, 0.1) is 5.92 Å². The number of halogens is 1. The molecule has 1 unspecified atom stereocenters. The monoisotopic (exact) mass is 207 g/mol. The lowest BCUT2D eigenvalue weighted by atomic mass is 10.00. The fourth-order valence-corrected chi connectivity index (χ4v) is 1.43. The Bertz CT molecular complexity index is 148. The molecule has 4 nitrogen and oxygen atoms in total. The first-order valence-corrected chi connectivity index (χ1v) is 4.50. The van der Waals surface area contributed by atoms with Gasteiger partial charge in [0.2, 0.25) is 5.91 Å². The Balaban J connectivity index is 0.00000144. The molecule has 0 bridgehead atoms. The largest absolute Gasteiger partial charge is 0.355 e. The standard InChI is InChI=1S/C8H17N3O.ClH/c9-4-8(12)11-6-7-2-1-3-10-5-7;/h7,10H,1-6,9H2,(H,11,12);1H. The Hall–Kier alpha value is -0.320. The van der Waals surface area contributed by atoms with Crippen LogP contribution in [-0.4, -0.2) is 32.1 Å². The van der Waals surface area contributed by atoms with Gasteiger partial charge in [-0.3, -0.25) is 4.79 Å². The van der Waals surface area contributed by atoms with E-state index >= 15 is 0 Å². The quantitative estimate of drug-likeness (QED) is 0.584.